The van der Waals surface area contributed by atoms with Crippen molar-refractivity contribution in [2.24, 2.45) is 5.73 Å². The van der Waals surface area contributed by atoms with Crippen LogP contribution in [-0.4, -0.2) is 21.0 Å². The minimum Gasteiger partial charge on any atom is -0.411 e. The van der Waals surface area contributed by atoms with E-state index < -0.39 is 6.09 Å². The maximum Gasteiger partial charge on any atom is 0.409 e. The van der Waals surface area contributed by atoms with E-state index in [-0.39, 0.29) is 0 Å². The highest BCUT2D eigenvalue weighted by molar-refractivity contribution is 7.08. The zero-order valence-electron chi connectivity index (χ0n) is 15.4. The fraction of sp³-hybridized carbons (Fsp3) is 0. The number of nitrogens with zero attached hydrogens (tertiary/aromatic N) is 3. The van der Waals surface area contributed by atoms with Crippen LogP contribution in [0.3, 0.4) is 0 Å². The predicted octanol–water partition coefficient (Wildman–Crippen LogP) is 5.20. The molecule has 0 radical (unpaired) electrons. The van der Waals surface area contributed by atoms with Gasteiger partial charge in [0.15, 0.2) is 5.82 Å². The number of benzene rings is 1. The van der Waals surface area contributed by atoms with Gasteiger partial charge >= 0.3 is 6.09 Å². The number of nitrogens with two attached hydrogens (primary N) is 1. The summed E-state index contributed by atoms with van der Waals surface area (Å²) in [7, 11) is 0. The molecule has 0 saturated heterocycles. The molecule has 4 rings (SSSR count). The molecule has 4 N–H and O–H groups in total. The first kappa shape index (κ1) is 19.6. The summed E-state index contributed by atoms with van der Waals surface area (Å²) < 4.78 is 4.80. The normalized spacial score (nSPS) is 10.4. The Labute approximate surface area is 180 Å². The molecule has 0 fully saturated rings. The minimum atomic E-state index is -0.873. The molecule has 0 spiro atoms. The molecule has 1 amide bonds. The van der Waals surface area contributed by atoms with E-state index in [0.717, 1.165) is 11.1 Å². The van der Waals surface area contributed by atoms with Crippen LogP contribution >= 0.6 is 22.9 Å². The van der Waals surface area contributed by atoms with Gasteiger partial charge in [-0.2, -0.15) is 16.3 Å². The molecule has 30 heavy (non-hydrogen) atoms. The van der Waals surface area contributed by atoms with Gasteiger partial charge < -0.3 is 21.1 Å². The number of primary amides is 1. The maximum atomic E-state index is 10.8. The van der Waals surface area contributed by atoms with Gasteiger partial charge in [0, 0.05) is 17.4 Å². The Kier molecular flexibility index (Phi) is 5.73. The number of ether oxygens (including phenoxy) is 1. The van der Waals surface area contributed by atoms with Crippen molar-refractivity contribution >= 4 is 52.3 Å². The van der Waals surface area contributed by atoms with Crippen LogP contribution in [-0.2, 0) is 0 Å². The molecule has 0 atom stereocenters. The highest BCUT2D eigenvalue weighted by Crippen LogP contribution is 2.26. The van der Waals surface area contributed by atoms with E-state index in [4.69, 9.17) is 22.1 Å². The number of carbonyl (C=O) groups excluding carboxylic acids is 1. The Hall–Kier alpha value is -3.69. The topological polar surface area (TPSA) is 115 Å². The van der Waals surface area contributed by atoms with E-state index >= 15 is 0 Å². The fourth-order valence-corrected chi connectivity index (χ4v) is 3.36. The lowest BCUT2D eigenvalue weighted by molar-refractivity contribution is 0.211. The second-order valence-corrected chi connectivity index (χ2v) is 7.22. The van der Waals surface area contributed by atoms with Gasteiger partial charge in [0.25, 0.3) is 0 Å². The Bertz CT molecular complexity index is 1150. The Morgan fingerprint density at radius 3 is 2.50 bits per heavy atom. The fourth-order valence-electron chi connectivity index (χ4n) is 2.56. The van der Waals surface area contributed by atoms with Gasteiger partial charge in [0.05, 0.1) is 6.20 Å². The Morgan fingerprint density at radius 2 is 1.83 bits per heavy atom. The molecule has 0 unspecified atom stereocenters. The number of hydrogen-bond acceptors (Lipinski definition) is 8. The van der Waals surface area contributed by atoms with Gasteiger partial charge in [-0.3, -0.25) is 0 Å². The molecular formula is C20H15ClN6O2S. The summed E-state index contributed by atoms with van der Waals surface area (Å²) in [6.07, 6.45) is 2.40. The van der Waals surface area contributed by atoms with E-state index in [9.17, 15) is 4.79 Å². The third-order valence-electron chi connectivity index (χ3n) is 3.94. The summed E-state index contributed by atoms with van der Waals surface area (Å²) >= 11 is 7.85. The van der Waals surface area contributed by atoms with E-state index in [2.05, 4.69) is 31.0 Å². The lowest BCUT2D eigenvalue weighted by Crippen LogP contribution is -2.16. The van der Waals surface area contributed by atoms with Crippen LogP contribution in [0.1, 0.15) is 0 Å². The lowest BCUT2D eigenvalue weighted by atomic mass is 10.1. The molecule has 4 aromatic rings. The second-order valence-electron chi connectivity index (χ2n) is 6.03. The second kappa shape index (κ2) is 8.76. The van der Waals surface area contributed by atoms with Crippen LogP contribution in [0.4, 0.5) is 28.1 Å². The van der Waals surface area contributed by atoms with Crippen molar-refractivity contribution in [1.82, 2.24) is 15.0 Å². The van der Waals surface area contributed by atoms with Gasteiger partial charge in [-0.1, -0.05) is 11.6 Å². The first-order chi connectivity index (χ1) is 14.6. The molecule has 8 nitrogen and oxygen atoms in total. The van der Waals surface area contributed by atoms with Crippen molar-refractivity contribution < 1.29 is 9.53 Å². The first-order valence-electron chi connectivity index (χ1n) is 8.69. The zero-order valence-corrected chi connectivity index (χ0v) is 16.9. The number of carbonyl (C=O) groups is 1. The van der Waals surface area contributed by atoms with Gasteiger partial charge in [-0.25, -0.2) is 14.8 Å². The molecule has 10 heteroatoms. The molecular weight excluding hydrogens is 424 g/mol. The summed E-state index contributed by atoms with van der Waals surface area (Å²) in [5.74, 6) is 1.69. The highest BCUT2D eigenvalue weighted by atomic mass is 35.5. The van der Waals surface area contributed by atoms with Crippen LogP contribution in [0.5, 0.6) is 5.75 Å². The number of nitrogens with one attached hydrogen (secondary N) is 2. The van der Waals surface area contributed by atoms with E-state index in [1.807, 2.05) is 23.6 Å². The largest absolute Gasteiger partial charge is 0.411 e. The summed E-state index contributed by atoms with van der Waals surface area (Å²) in [6.45, 7) is 0. The number of rotatable bonds is 6. The standard InChI is InChI=1S/C20H15ClN6O2S/c21-16-10-24-20(26-17-6-1-12(9-23-17)13-7-8-30-11-13)27-18(16)25-14-2-4-15(5-3-14)29-19(22)28/h1-11H,(H2,22,28)(H2,23,24,25,26,27). The van der Waals surface area contributed by atoms with Crippen molar-refractivity contribution in [2.75, 3.05) is 10.6 Å². The zero-order chi connectivity index (χ0) is 20.9. The molecule has 3 heterocycles. The average Bonchev–Trinajstić information content (AvgIpc) is 3.27. The third kappa shape index (κ3) is 4.83. The van der Waals surface area contributed by atoms with E-state index in [0.29, 0.717) is 34.0 Å². The SMILES string of the molecule is NC(=O)Oc1ccc(Nc2nc(Nc3ccc(-c4ccsc4)cn3)ncc2Cl)cc1. The molecule has 1 aromatic carbocycles. The van der Waals surface area contributed by atoms with Gasteiger partial charge in [0.2, 0.25) is 5.95 Å². The number of aromatic nitrogens is 3. The lowest BCUT2D eigenvalue weighted by Gasteiger charge is -2.10. The summed E-state index contributed by atoms with van der Waals surface area (Å²) in [5, 5.41) is 10.6. The highest BCUT2D eigenvalue weighted by Gasteiger charge is 2.08. The number of hydrogen-bond donors (Lipinski definition) is 3. The average molecular weight is 439 g/mol. The number of anilines is 4. The molecule has 0 bridgehead atoms. The predicted molar refractivity (Wildman–Crippen MR) is 118 cm³/mol. The van der Waals surface area contributed by atoms with Crippen molar-refractivity contribution in [3.63, 3.8) is 0 Å². The van der Waals surface area contributed by atoms with Gasteiger partial charge in [-0.15, -0.1) is 0 Å². The number of pyridine rings is 1. The smallest absolute Gasteiger partial charge is 0.409 e. The van der Waals surface area contributed by atoms with E-state index in [1.54, 1.807) is 41.8 Å². The number of halogens is 1. The van der Waals surface area contributed by atoms with Crippen molar-refractivity contribution in [1.29, 1.82) is 0 Å². The number of thiophene rings is 1. The van der Waals surface area contributed by atoms with Crippen LogP contribution in [0.2, 0.25) is 5.02 Å². The first-order valence-corrected chi connectivity index (χ1v) is 10.0. The minimum absolute atomic E-state index is 0.334. The summed E-state index contributed by atoms with van der Waals surface area (Å²) in [6, 6.07) is 12.5. The van der Waals surface area contributed by atoms with Gasteiger partial charge in [0.1, 0.15) is 16.6 Å². The molecule has 3 aromatic heterocycles. The van der Waals surface area contributed by atoms with E-state index in [1.165, 1.54) is 6.20 Å². The van der Waals surface area contributed by atoms with Crippen LogP contribution in [0.25, 0.3) is 11.1 Å². The third-order valence-corrected chi connectivity index (χ3v) is 4.90. The van der Waals surface area contributed by atoms with Crippen LogP contribution in [0, 0.1) is 0 Å². The molecule has 0 aliphatic rings. The van der Waals surface area contributed by atoms with Crippen LogP contribution < -0.4 is 21.1 Å². The summed E-state index contributed by atoms with van der Waals surface area (Å²) in [4.78, 5) is 23.8. The van der Waals surface area contributed by atoms with Crippen molar-refractivity contribution in [3.05, 3.63) is 70.6 Å². The Morgan fingerprint density at radius 1 is 1.00 bits per heavy atom. The van der Waals surface area contributed by atoms with Crippen molar-refractivity contribution in [3.8, 4) is 16.9 Å². The molecule has 0 aliphatic heterocycles. The quantitative estimate of drug-likeness (QED) is 0.379. The molecule has 150 valence electrons. The Balaban J connectivity index is 1.47. The monoisotopic (exact) mass is 438 g/mol. The van der Waals surface area contributed by atoms with Gasteiger partial charge in [-0.05, 0) is 58.8 Å². The summed E-state index contributed by atoms with van der Waals surface area (Å²) in [5.41, 5.74) is 7.85. The van der Waals surface area contributed by atoms with Crippen molar-refractivity contribution in [2.45, 2.75) is 0 Å². The molecule has 0 aliphatic carbocycles. The molecule has 0 saturated carbocycles. The number of amides is 1. The van der Waals surface area contributed by atoms with Crippen LogP contribution in [0.15, 0.2) is 65.6 Å². The maximum absolute atomic E-state index is 10.8.